The lowest BCUT2D eigenvalue weighted by atomic mass is 10.0. The van der Waals surface area contributed by atoms with E-state index in [-0.39, 0.29) is 0 Å². The third-order valence-corrected chi connectivity index (χ3v) is 3.14. The van der Waals surface area contributed by atoms with Crippen LogP contribution in [0.2, 0.25) is 0 Å². The lowest BCUT2D eigenvalue weighted by molar-refractivity contribution is 0.485. The molecule has 0 spiro atoms. The van der Waals surface area contributed by atoms with Crippen molar-refractivity contribution < 1.29 is 0 Å². The maximum atomic E-state index is 8.33. The third kappa shape index (κ3) is 2.28. The van der Waals surface area contributed by atoms with Crippen molar-refractivity contribution in [3.05, 3.63) is 34.7 Å². The molecule has 1 aromatic carbocycles. The predicted molar refractivity (Wildman–Crippen MR) is 65.9 cm³/mol. The average molecular weight is 216 g/mol. The highest BCUT2D eigenvalue weighted by Crippen LogP contribution is 2.26. The standard InChI is InChI=1S/C12H16N4/c1-10-4-2-3-9-16(10)12-7-5-11(6-8-12)14-15-13/h5-8,10H,2-4,9H2,1H3. The Hall–Kier alpha value is -1.67. The summed E-state index contributed by atoms with van der Waals surface area (Å²) in [6.45, 7) is 3.39. The van der Waals surface area contributed by atoms with E-state index < -0.39 is 0 Å². The second kappa shape index (κ2) is 4.90. The molecule has 84 valence electrons. The highest BCUT2D eigenvalue weighted by atomic mass is 15.2. The first-order valence-electron chi connectivity index (χ1n) is 5.73. The molecule has 1 fully saturated rings. The molecule has 1 aliphatic rings. The maximum Gasteiger partial charge on any atom is 0.0376 e. The van der Waals surface area contributed by atoms with E-state index in [0.717, 1.165) is 6.54 Å². The smallest absolute Gasteiger partial charge is 0.0376 e. The minimum absolute atomic E-state index is 0.610. The van der Waals surface area contributed by atoms with Gasteiger partial charge in [0.1, 0.15) is 0 Å². The van der Waals surface area contributed by atoms with Crippen molar-refractivity contribution in [3.63, 3.8) is 0 Å². The van der Waals surface area contributed by atoms with Crippen molar-refractivity contribution in [3.8, 4) is 0 Å². The molecular weight excluding hydrogens is 200 g/mol. The zero-order valence-electron chi connectivity index (χ0n) is 9.50. The van der Waals surface area contributed by atoms with Gasteiger partial charge < -0.3 is 4.90 Å². The van der Waals surface area contributed by atoms with Crippen LogP contribution in [0, 0.1) is 0 Å². The molecule has 0 N–H and O–H groups in total. The van der Waals surface area contributed by atoms with Gasteiger partial charge >= 0.3 is 0 Å². The molecule has 1 heterocycles. The summed E-state index contributed by atoms with van der Waals surface area (Å²) in [6.07, 6.45) is 3.86. The molecular formula is C12H16N4. The van der Waals surface area contributed by atoms with Crippen molar-refractivity contribution in [1.29, 1.82) is 0 Å². The molecule has 1 saturated heterocycles. The molecule has 1 unspecified atom stereocenters. The lowest BCUT2D eigenvalue weighted by Gasteiger charge is -2.35. The van der Waals surface area contributed by atoms with E-state index in [4.69, 9.17) is 5.53 Å². The highest BCUT2D eigenvalue weighted by molar-refractivity contribution is 5.53. The van der Waals surface area contributed by atoms with Crippen molar-refractivity contribution in [2.45, 2.75) is 32.2 Å². The Bertz CT molecular complexity index is 392. The number of piperidine rings is 1. The Balaban J connectivity index is 2.16. The van der Waals surface area contributed by atoms with Crippen molar-refractivity contribution >= 4 is 11.4 Å². The molecule has 1 aliphatic heterocycles. The van der Waals surface area contributed by atoms with Crippen LogP contribution in [0.5, 0.6) is 0 Å². The monoisotopic (exact) mass is 216 g/mol. The molecule has 0 amide bonds. The summed E-state index contributed by atoms with van der Waals surface area (Å²) in [5, 5.41) is 3.57. The van der Waals surface area contributed by atoms with Gasteiger partial charge in [-0.1, -0.05) is 17.2 Å². The van der Waals surface area contributed by atoms with Gasteiger partial charge in [-0.05, 0) is 43.9 Å². The Kier molecular flexibility index (Phi) is 3.32. The van der Waals surface area contributed by atoms with Gasteiger partial charge in [0.05, 0.1) is 0 Å². The molecule has 16 heavy (non-hydrogen) atoms. The molecule has 1 atom stereocenters. The van der Waals surface area contributed by atoms with Crippen LogP contribution >= 0.6 is 0 Å². The van der Waals surface area contributed by atoms with E-state index in [1.54, 1.807) is 0 Å². The van der Waals surface area contributed by atoms with Crippen LogP contribution in [0.4, 0.5) is 11.4 Å². The summed E-state index contributed by atoms with van der Waals surface area (Å²) in [6, 6.07) is 8.42. The van der Waals surface area contributed by atoms with Crippen LogP contribution in [0.25, 0.3) is 10.4 Å². The molecule has 0 radical (unpaired) electrons. The van der Waals surface area contributed by atoms with E-state index in [1.165, 1.54) is 24.9 Å². The number of hydrogen-bond acceptors (Lipinski definition) is 2. The topological polar surface area (TPSA) is 52.0 Å². The van der Waals surface area contributed by atoms with Crippen LogP contribution in [-0.2, 0) is 0 Å². The van der Waals surface area contributed by atoms with Crippen molar-refractivity contribution in [2.24, 2.45) is 5.11 Å². The van der Waals surface area contributed by atoms with Gasteiger partial charge in [-0.3, -0.25) is 0 Å². The normalized spacial score (nSPS) is 20.3. The molecule has 0 bridgehead atoms. The highest BCUT2D eigenvalue weighted by Gasteiger charge is 2.17. The van der Waals surface area contributed by atoms with E-state index >= 15 is 0 Å². The fourth-order valence-electron chi connectivity index (χ4n) is 2.24. The molecule has 4 nitrogen and oxygen atoms in total. The molecule has 2 rings (SSSR count). The van der Waals surface area contributed by atoms with Crippen LogP contribution in [-0.4, -0.2) is 12.6 Å². The molecule has 0 aliphatic carbocycles. The minimum atomic E-state index is 0.610. The van der Waals surface area contributed by atoms with Crippen molar-refractivity contribution in [2.75, 3.05) is 11.4 Å². The van der Waals surface area contributed by atoms with E-state index in [9.17, 15) is 0 Å². The van der Waals surface area contributed by atoms with Crippen LogP contribution in [0.3, 0.4) is 0 Å². The lowest BCUT2D eigenvalue weighted by Crippen LogP contribution is -2.37. The second-order valence-electron chi connectivity index (χ2n) is 4.24. The molecule has 1 aromatic rings. The summed E-state index contributed by atoms with van der Waals surface area (Å²) in [5.41, 5.74) is 10.2. The van der Waals surface area contributed by atoms with Crippen molar-refractivity contribution in [1.82, 2.24) is 0 Å². The summed E-state index contributed by atoms with van der Waals surface area (Å²) >= 11 is 0. The van der Waals surface area contributed by atoms with E-state index in [2.05, 4.69) is 21.8 Å². The predicted octanol–water partition coefficient (Wildman–Crippen LogP) is 4.01. The van der Waals surface area contributed by atoms with Gasteiger partial charge in [-0.15, -0.1) is 0 Å². The second-order valence-corrected chi connectivity index (χ2v) is 4.24. The first-order chi connectivity index (χ1) is 7.81. The van der Waals surface area contributed by atoms with Gasteiger partial charge in [0.25, 0.3) is 0 Å². The van der Waals surface area contributed by atoms with Crippen LogP contribution in [0.1, 0.15) is 26.2 Å². The summed E-state index contributed by atoms with van der Waals surface area (Å²) in [4.78, 5) is 5.19. The number of anilines is 1. The van der Waals surface area contributed by atoms with Gasteiger partial charge in [0, 0.05) is 28.9 Å². The third-order valence-electron chi connectivity index (χ3n) is 3.14. The van der Waals surface area contributed by atoms with E-state index in [1.807, 2.05) is 24.3 Å². The number of benzene rings is 1. The SMILES string of the molecule is CC1CCCCN1c1ccc(N=[N+]=[N-])cc1. The maximum absolute atomic E-state index is 8.33. The zero-order chi connectivity index (χ0) is 11.4. The summed E-state index contributed by atoms with van der Waals surface area (Å²) in [7, 11) is 0. The fourth-order valence-corrected chi connectivity index (χ4v) is 2.24. The molecule has 0 aromatic heterocycles. The number of rotatable bonds is 2. The van der Waals surface area contributed by atoms with Crippen LogP contribution < -0.4 is 4.90 Å². The average Bonchev–Trinajstić information content (AvgIpc) is 2.31. The minimum Gasteiger partial charge on any atom is -0.369 e. The Morgan fingerprint density at radius 2 is 2.06 bits per heavy atom. The first-order valence-corrected chi connectivity index (χ1v) is 5.73. The fraction of sp³-hybridized carbons (Fsp3) is 0.500. The zero-order valence-corrected chi connectivity index (χ0v) is 9.50. The van der Waals surface area contributed by atoms with E-state index in [0.29, 0.717) is 11.7 Å². The Morgan fingerprint density at radius 1 is 1.31 bits per heavy atom. The summed E-state index contributed by atoms with van der Waals surface area (Å²) < 4.78 is 0. The quantitative estimate of drug-likeness (QED) is 0.418. The molecule has 4 heteroatoms. The van der Waals surface area contributed by atoms with Gasteiger partial charge in [-0.25, -0.2) is 0 Å². The summed E-state index contributed by atoms with van der Waals surface area (Å²) in [5.74, 6) is 0. The Labute approximate surface area is 95.5 Å². The number of azide groups is 1. The number of nitrogens with zero attached hydrogens (tertiary/aromatic N) is 4. The van der Waals surface area contributed by atoms with Gasteiger partial charge in [-0.2, -0.15) is 0 Å². The Morgan fingerprint density at radius 3 is 2.69 bits per heavy atom. The van der Waals surface area contributed by atoms with Crippen LogP contribution in [0.15, 0.2) is 29.4 Å². The largest absolute Gasteiger partial charge is 0.369 e. The van der Waals surface area contributed by atoms with Gasteiger partial charge in [0.15, 0.2) is 0 Å². The number of hydrogen-bond donors (Lipinski definition) is 0. The molecule has 0 saturated carbocycles. The first kappa shape index (κ1) is 10.8. The van der Waals surface area contributed by atoms with Gasteiger partial charge in [0.2, 0.25) is 0 Å².